The Morgan fingerprint density at radius 3 is 2.72 bits per heavy atom. The zero-order chi connectivity index (χ0) is 20.6. The molecule has 1 atom stereocenters. The number of anilines is 1. The third kappa shape index (κ3) is 5.25. The molecule has 29 heavy (non-hydrogen) atoms. The fourth-order valence-corrected chi connectivity index (χ4v) is 3.88. The number of benzene rings is 1. The van der Waals surface area contributed by atoms with Crippen molar-refractivity contribution in [3.8, 4) is 6.07 Å². The summed E-state index contributed by atoms with van der Waals surface area (Å²) in [5.41, 5.74) is 1.65. The van der Waals surface area contributed by atoms with Gasteiger partial charge in [0.25, 0.3) is 0 Å². The molecule has 8 heteroatoms. The van der Waals surface area contributed by atoms with Gasteiger partial charge in [-0.3, -0.25) is 19.5 Å². The Morgan fingerprint density at radius 1 is 1.24 bits per heavy atom. The van der Waals surface area contributed by atoms with E-state index in [2.05, 4.69) is 26.6 Å². The van der Waals surface area contributed by atoms with E-state index in [1.165, 1.54) is 4.90 Å². The van der Waals surface area contributed by atoms with Gasteiger partial charge >= 0.3 is 0 Å². The highest BCUT2D eigenvalue weighted by Crippen LogP contribution is 2.23. The van der Waals surface area contributed by atoms with E-state index in [-0.39, 0.29) is 17.9 Å². The standard InChI is InChI=1S/C21H28N6O2/c1-23-21(24-11-13-27-19(28)9-4-10-20(27)29)25-17-7-5-12-26(15-17)18-8-3-2-6-16(18)14-22/h2-3,6,8,17H,4-5,7,9-13,15H2,1H3,(H2,23,24,25). The minimum atomic E-state index is -0.0925. The summed E-state index contributed by atoms with van der Waals surface area (Å²) in [5, 5.41) is 16.0. The predicted molar refractivity (Wildman–Crippen MR) is 111 cm³/mol. The second-order valence-electron chi connectivity index (χ2n) is 7.35. The van der Waals surface area contributed by atoms with Crippen LogP contribution in [0, 0.1) is 11.3 Å². The molecule has 0 radical (unpaired) electrons. The molecule has 0 aliphatic carbocycles. The van der Waals surface area contributed by atoms with E-state index in [4.69, 9.17) is 0 Å². The lowest BCUT2D eigenvalue weighted by molar-refractivity contribution is -0.147. The van der Waals surface area contributed by atoms with Gasteiger partial charge < -0.3 is 15.5 Å². The highest BCUT2D eigenvalue weighted by Gasteiger charge is 2.26. The maximum Gasteiger partial charge on any atom is 0.229 e. The smallest absolute Gasteiger partial charge is 0.229 e. The summed E-state index contributed by atoms with van der Waals surface area (Å²) in [7, 11) is 1.71. The number of aliphatic imine (C=N–C) groups is 1. The first kappa shape index (κ1) is 20.6. The molecule has 2 aliphatic heterocycles. The Labute approximate surface area is 171 Å². The molecule has 0 aromatic heterocycles. The monoisotopic (exact) mass is 396 g/mol. The highest BCUT2D eigenvalue weighted by molar-refractivity contribution is 5.97. The average Bonchev–Trinajstić information content (AvgIpc) is 2.75. The average molecular weight is 396 g/mol. The molecule has 0 spiro atoms. The maximum atomic E-state index is 11.9. The van der Waals surface area contributed by atoms with Crippen LogP contribution in [-0.2, 0) is 9.59 Å². The van der Waals surface area contributed by atoms with Crippen molar-refractivity contribution in [1.29, 1.82) is 5.26 Å². The lowest BCUT2D eigenvalue weighted by Crippen LogP contribution is -2.52. The van der Waals surface area contributed by atoms with Crippen LogP contribution in [0.4, 0.5) is 5.69 Å². The number of para-hydroxylation sites is 1. The second kappa shape index (κ2) is 9.92. The molecule has 3 rings (SSSR count). The van der Waals surface area contributed by atoms with Gasteiger partial charge in [0.2, 0.25) is 11.8 Å². The first-order chi connectivity index (χ1) is 14.1. The van der Waals surface area contributed by atoms with Crippen LogP contribution in [0.1, 0.15) is 37.7 Å². The van der Waals surface area contributed by atoms with Crippen molar-refractivity contribution in [2.75, 3.05) is 38.1 Å². The van der Waals surface area contributed by atoms with Crippen LogP contribution in [-0.4, -0.2) is 61.9 Å². The summed E-state index contributed by atoms with van der Waals surface area (Å²) < 4.78 is 0. The number of hydrogen-bond acceptors (Lipinski definition) is 5. The topological polar surface area (TPSA) is 101 Å². The summed E-state index contributed by atoms with van der Waals surface area (Å²) >= 11 is 0. The Kier molecular flexibility index (Phi) is 7.06. The van der Waals surface area contributed by atoms with E-state index in [0.29, 0.717) is 43.9 Å². The van der Waals surface area contributed by atoms with Crippen molar-refractivity contribution in [3.05, 3.63) is 29.8 Å². The zero-order valence-corrected chi connectivity index (χ0v) is 16.9. The number of imide groups is 1. The number of likely N-dealkylation sites (tertiary alicyclic amines) is 1. The Hall–Kier alpha value is -3.08. The molecule has 8 nitrogen and oxygen atoms in total. The number of hydrogen-bond donors (Lipinski definition) is 2. The number of nitriles is 1. The van der Waals surface area contributed by atoms with Crippen LogP contribution in [0.3, 0.4) is 0 Å². The fourth-order valence-electron chi connectivity index (χ4n) is 3.88. The Balaban J connectivity index is 1.52. The van der Waals surface area contributed by atoms with Crippen LogP contribution in [0.25, 0.3) is 0 Å². The van der Waals surface area contributed by atoms with Crippen molar-refractivity contribution in [2.45, 2.75) is 38.1 Å². The molecular weight excluding hydrogens is 368 g/mol. The first-order valence-electron chi connectivity index (χ1n) is 10.2. The van der Waals surface area contributed by atoms with Gasteiger partial charge in [0.1, 0.15) is 6.07 Å². The third-order valence-electron chi connectivity index (χ3n) is 5.36. The van der Waals surface area contributed by atoms with Gasteiger partial charge in [0, 0.05) is 52.1 Å². The number of guanidine groups is 1. The number of piperidine rings is 2. The summed E-state index contributed by atoms with van der Waals surface area (Å²) in [6, 6.07) is 10.1. The molecule has 154 valence electrons. The molecule has 2 amide bonds. The van der Waals surface area contributed by atoms with Crippen LogP contribution in [0.5, 0.6) is 0 Å². The van der Waals surface area contributed by atoms with Crippen molar-refractivity contribution in [1.82, 2.24) is 15.5 Å². The largest absolute Gasteiger partial charge is 0.368 e. The molecule has 1 aromatic rings. The number of carbonyl (C=O) groups is 2. The molecule has 0 bridgehead atoms. The molecule has 2 fully saturated rings. The van der Waals surface area contributed by atoms with E-state index < -0.39 is 0 Å². The summed E-state index contributed by atoms with van der Waals surface area (Å²) in [4.78, 5) is 31.6. The zero-order valence-electron chi connectivity index (χ0n) is 16.9. The van der Waals surface area contributed by atoms with Crippen molar-refractivity contribution in [2.24, 2.45) is 4.99 Å². The molecular formula is C21H28N6O2. The summed E-state index contributed by atoms with van der Waals surface area (Å²) in [6.07, 6.45) is 3.57. The minimum Gasteiger partial charge on any atom is -0.368 e. The van der Waals surface area contributed by atoms with Crippen molar-refractivity contribution >= 4 is 23.5 Å². The van der Waals surface area contributed by atoms with Gasteiger partial charge in [0.05, 0.1) is 11.3 Å². The normalized spacial score (nSPS) is 20.4. The minimum absolute atomic E-state index is 0.0925. The summed E-state index contributed by atoms with van der Waals surface area (Å²) in [6.45, 7) is 2.51. The highest BCUT2D eigenvalue weighted by atomic mass is 16.2. The van der Waals surface area contributed by atoms with Gasteiger partial charge in [-0.2, -0.15) is 5.26 Å². The lowest BCUT2D eigenvalue weighted by Gasteiger charge is -2.36. The SMILES string of the molecule is CN=C(NCCN1C(=O)CCCC1=O)NC1CCCN(c2ccccc2C#N)C1. The van der Waals surface area contributed by atoms with Crippen LogP contribution < -0.4 is 15.5 Å². The fraction of sp³-hybridized carbons (Fsp3) is 0.524. The number of carbonyl (C=O) groups excluding carboxylic acids is 2. The molecule has 2 aliphatic rings. The van der Waals surface area contributed by atoms with Gasteiger partial charge in [0.15, 0.2) is 5.96 Å². The summed E-state index contributed by atoms with van der Waals surface area (Å²) in [5.74, 6) is 0.470. The molecule has 0 saturated carbocycles. The van der Waals surface area contributed by atoms with Crippen LogP contribution >= 0.6 is 0 Å². The van der Waals surface area contributed by atoms with Gasteiger partial charge in [-0.25, -0.2) is 0 Å². The van der Waals surface area contributed by atoms with E-state index in [1.807, 2.05) is 24.3 Å². The lowest BCUT2D eigenvalue weighted by atomic mass is 10.0. The van der Waals surface area contributed by atoms with Crippen LogP contribution in [0.15, 0.2) is 29.3 Å². The molecule has 2 saturated heterocycles. The van der Waals surface area contributed by atoms with Gasteiger partial charge in [-0.05, 0) is 31.4 Å². The number of nitrogens with one attached hydrogen (secondary N) is 2. The van der Waals surface area contributed by atoms with E-state index >= 15 is 0 Å². The molecule has 1 aromatic carbocycles. The number of rotatable bonds is 5. The van der Waals surface area contributed by atoms with E-state index in [9.17, 15) is 14.9 Å². The van der Waals surface area contributed by atoms with E-state index in [0.717, 1.165) is 31.6 Å². The molecule has 2 heterocycles. The number of nitrogens with zero attached hydrogens (tertiary/aromatic N) is 4. The van der Waals surface area contributed by atoms with Gasteiger partial charge in [-0.1, -0.05) is 12.1 Å². The second-order valence-corrected chi connectivity index (χ2v) is 7.35. The molecule has 2 N–H and O–H groups in total. The first-order valence-corrected chi connectivity index (χ1v) is 10.2. The molecule has 1 unspecified atom stereocenters. The van der Waals surface area contributed by atoms with Crippen molar-refractivity contribution < 1.29 is 9.59 Å². The quantitative estimate of drug-likeness (QED) is 0.441. The van der Waals surface area contributed by atoms with Crippen molar-refractivity contribution in [3.63, 3.8) is 0 Å². The van der Waals surface area contributed by atoms with Crippen LogP contribution in [0.2, 0.25) is 0 Å². The van der Waals surface area contributed by atoms with E-state index in [1.54, 1.807) is 7.05 Å². The Bertz CT molecular complexity index is 800. The Morgan fingerprint density at radius 2 is 2.00 bits per heavy atom. The maximum absolute atomic E-state index is 11.9. The predicted octanol–water partition coefficient (Wildman–Crippen LogP) is 1.23. The number of amides is 2. The van der Waals surface area contributed by atoms with Gasteiger partial charge in [-0.15, -0.1) is 0 Å². The third-order valence-corrected chi connectivity index (χ3v) is 5.36.